The normalized spacial score (nSPS) is 11.9. The number of hydrogen-bond acceptors (Lipinski definition) is 1. The Hall–Kier alpha value is -6.42. The largest absolute Gasteiger partial charge is 0.307 e. The maximum absolute atomic E-state index is 2.47. The summed E-state index contributed by atoms with van der Waals surface area (Å²) >= 11 is 1.88. The second-order valence-electron chi connectivity index (χ2n) is 13.3. The zero-order chi connectivity index (χ0) is 33.5. The lowest BCUT2D eigenvalue weighted by Gasteiger charge is -2.13. The molecule has 2 nitrogen and oxygen atoms in total. The highest BCUT2D eigenvalue weighted by Gasteiger charge is 2.21. The highest BCUT2D eigenvalue weighted by molar-refractivity contribution is 7.26. The van der Waals surface area contributed by atoms with Gasteiger partial charge in [-0.15, -0.1) is 11.3 Å². The molecule has 3 heteroatoms. The number of benzene rings is 8. The molecule has 0 saturated carbocycles. The summed E-state index contributed by atoms with van der Waals surface area (Å²) in [6, 6.07) is 66.6. The number of fused-ring (bicyclic) bond motifs is 10. The minimum Gasteiger partial charge on any atom is -0.307 e. The fourth-order valence-corrected chi connectivity index (χ4v) is 9.50. The van der Waals surface area contributed by atoms with Crippen molar-refractivity contribution < 1.29 is 0 Å². The SMILES string of the molecule is c1ccc(-n2c3ccccc3c3ccc4c5ccccc5n(-c5ccc(-c6cccc(-c7cccc8c7sc7ccccc78)c6)cc5)c4c32)cc1. The van der Waals surface area contributed by atoms with Gasteiger partial charge in [0.05, 0.1) is 22.1 Å². The predicted octanol–water partition coefficient (Wildman–Crippen LogP) is 13.6. The molecule has 11 rings (SSSR count). The minimum atomic E-state index is 1.15. The predicted molar refractivity (Wildman–Crippen MR) is 219 cm³/mol. The molecule has 0 aliphatic rings. The van der Waals surface area contributed by atoms with Crippen molar-refractivity contribution in [2.75, 3.05) is 0 Å². The van der Waals surface area contributed by atoms with E-state index in [0.29, 0.717) is 0 Å². The molecule has 0 unspecified atom stereocenters. The molecule has 51 heavy (non-hydrogen) atoms. The van der Waals surface area contributed by atoms with Crippen molar-refractivity contribution in [3.8, 4) is 33.6 Å². The van der Waals surface area contributed by atoms with Gasteiger partial charge in [0.1, 0.15) is 0 Å². The van der Waals surface area contributed by atoms with Crippen LogP contribution >= 0.6 is 11.3 Å². The first kappa shape index (κ1) is 28.4. The molecule has 11 aromatic rings. The molecule has 238 valence electrons. The van der Waals surface area contributed by atoms with Crippen LogP contribution in [0.1, 0.15) is 0 Å². The monoisotopic (exact) mass is 666 g/mol. The first-order chi connectivity index (χ1) is 25.3. The minimum absolute atomic E-state index is 1.15. The third kappa shape index (κ3) is 4.22. The Morgan fingerprint density at radius 2 is 0.882 bits per heavy atom. The van der Waals surface area contributed by atoms with Crippen LogP contribution in [0.4, 0.5) is 0 Å². The zero-order valence-electron chi connectivity index (χ0n) is 27.6. The van der Waals surface area contributed by atoms with Crippen LogP contribution in [0.15, 0.2) is 182 Å². The third-order valence-electron chi connectivity index (χ3n) is 10.5. The Balaban J connectivity index is 1.10. The first-order valence-electron chi connectivity index (χ1n) is 17.4. The van der Waals surface area contributed by atoms with Gasteiger partial charge in [0.2, 0.25) is 0 Å². The van der Waals surface area contributed by atoms with Gasteiger partial charge in [-0.2, -0.15) is 0 Å². The molecule has 0 spiro atoms. The molecule has 8 aromatic carbocycles. The highest BCUT2D eigenvalue weighted by Crippen LogP contribution is 2.43. The second kappa shape index (κ2) is 11.0. The van der Waals surface area contributed by atoms with Gasteiger partial charge in [-0.25, -0.2) is 0 Å². The summed E-state index contributed by atoms with van der Waals surface area (Å²) in [7, 11) is 0. The molecule has 0 saturated heterocycles. The van der Waals surface area contributed by atoms with E-state index in [1.807, 2.05) is 11.3 Å². The second-order valence-corrected chi connectivity index (χ2v) is 14.4. The summed E-state index contributed by atoms with van der Waals surface area (Å²) in [6.07, 6.45) is 0. The summed E-state index contributed by atoms with van der Waals surface area (Å²) in [5.74, 6) is 0. The van der Waals surface area contributed by atoms with E-state index in [1.165, 1.54) is 86.0 Å². The Morgan fingerprint density at radius 1 is 0.333 bits per heavy atom. The molecule has 0 radical (unpaired) electrons. The number of para-hydroxylation sites is 3. The van der Waals surface area contributed by atoms with E-state index in [4.69, 9.17) is 0 Å². The lowest BCUT2D eigenvalue weighted by atomic mass is 9.98. The molecular formula is C48H30N2S. The molecule has 0 aliphatic heterocycles. The van der Waals surface area contributed by atoms with E-state index in [1.54, 1.807) is 0 Å². The molecule has 0 amide bonds. The van der Waals surface area contributed by atoms with E-state index in [-0.39, 0.29) is 0 Å². The van der Waals surface area contributed by atoms with Crippen LogP contribution in [0.3, 0.4) is 0 Å². The fraction of sp³-hybridized carbons (Fsp3) is 0. The third-order valence-corrected chi connectivity index (χ3v) is 11.7. The van der Waals surface area contributed by atoms with Crippen molar-refractivity contribution in [2.45, 2.75) is 0 Å². The fourth-order valence-electron chi connectivity index (χ4n) is 8.26. The van der Waals surface area contributed by atoms with Crippen LogP contribution in [0.2, 0.25) is 0 Å². The average molecular weight is 667 g/mol. The van der Waals surface area contributed by atoms with Crippen LogP contribution in [0, 0.1) is 0 Å². The average Bonchev–Trinajstić information content (AvgIpc) is 3.86. The van der Waals surface area contributed by atoms with Gasteiger partial charge in [-0.3, -0.25) is 0 Å². The van der Waals surface area contributed by atoms with Gasteiger partial charge >= 0.3 is 0 Å². The Labute approximate surface area is 298 Å². The van der Waals surface area contributed by atoms with Gasteiger partial charge in [-0.1, -0.05) is 133 Å². The summed E-state index contributed by atoms with van der Waals surface area (Å²) in [5, 5.41) is 7.69. The number of aromatic nitrogens is 2. The summed E-state index contributed by atoms with van der Waals surface area (Å²) < 4.78 is 7.59. The molecule has 0 N–H and O–H groups in total. The van der Waals surface area contributed by atoms with Crippen molar-refractivity contribution in [2.24, 2.45) is 0 Å². The standard InChI is InChI=1S/C48H30N2S/c1-2-14-34(15-3-1)49-43-21-7-4-16-37(43)40-28-29-41-38-17-5-8-22-44(38)50(47(41)46(40)49)35-26-24-31(25-27-35)32-12-10-13-33(30-32)36-19-11-20-42-39-18-6-9-23-45(39)51-48(36)42/h1-30H. The van der Waals surface area contributed by atoms with Crippen LogP contribution in [-0.4, -0.2) is 9.13 Å². The van der Waals surface area contributed by atoms with E-state index >= 15 is 0 Å². The number of rotatable bonds is 4. The van der Waals surface area contributed by atoms with Crippen molar-refractivity contribution in [3.05, 3.63) is 182 Å². The van der Waals surface area contributed by atoms with Crippen molar-refractivity contribution >= 4 is 75.1 Å². The van der Waals surface area contributed by atoms with Crippen LogP contribution in [0.25, 0.3) is 97.4 Å². The molecule has 3 heterocycles. The van der Waals surface area contributed by atoms with E-state index in [2.05, 4.69) is 191 Å². The number of nitrogens with zero attached hydrogens (tertiary/aromatic N) is 2. The zero-order valence-corrected chi connectivity index (χ0v) is 28.4. The Morgan fingerprint density at radius 3 is 1.59 bits per heavy atom. The van der Waals surface area contributed by atoms with Gasteiger partial charge in [-0.05, 0) is 70.8 Å². The molecule has 3 aromatic heterocycles. The van der Waals surface area contributed by atoms with Gasteiger partial charge in [0, 0.05) is 53.1 Å². The maximum Gasteiger partial charge on any atom is 0.0788 e. The van der Waals surface area contributed by atoms with E-state index in [9.17, 15) is 0 Å². The van der Waals surface area contributed by atoms with Crippen LogP contribution in [0.5, 0.6) is 0 Å². The Kier molecular flexibility index (Phi) is 6.16. The lowest BCUT2D eigenvalue weighted by Crippen LogP contribution is -1.98. The number of thiophene rings is 1. The van der Waals surface area contributed by atoms with Crippen molar-refractivity contribution in [1.29, 1.82) is 0 Å². The summed E-state index contributed by atoms with van der Waals surface area (Å²) in [6.45, 7) is 0. The summed E-state index contributed by atoms with van der Waals surface area (Å²) in [5.41, 5.74) is 12.1. The molecule has 0 atom stereocenters. The van der Waals surface area contributed by atoms with Crippen molar-refractivity contribution in [1.82, 2.24) is 9.13 Å². The lowest BCUT2D eigenvalue weighted by molar-refractivity contribution is 1.15. The molecule has 0 fully saturated rings. The quantitative estimate of drug-likeness (QED) is 0.177. The van der Waals surface area contributed by atoms with Gasteiger partial charge < -0.3 is 9.13 Å². The van der Waals surface area contributed by atoms with Crippen LogP contribution in [-0.2, 0) is 0 Å². The molecule has 0 aliphatic carbocycles. The first-order valence-corrected chi connectivity index (χ1v) is 18.3. The van der Waals surface area contributed by atoms with Crippen LogP contribution < -0.4 is 0 Å². The smallest absolute Gasteiger partial charge is 0.0788 e. The number of hydrogen-bond donors (Lipinski definition) is 0. The van der Waals surface area contributed by atoms with E-state index in [0.717, 1.165) is 11.4 Å². The van der Waals surface area contributed by atoms with E-state index < -0.39 is 0 Å². The van der Waals surface area contributed by atoms with Gasteiger partial charge in [0.25, 0.3) is 0 Å². The molecule has 0 bridgehead atoms. The summed E-state index contributed by atoms with van der Waals surface area (Å²) in [4.78, 5) is 0. The molecular weight excluding hydrogens is 637 g/mol. The van der Waals surface area contributed by atoms with Gasteiger partial charge in [0.15, 0.2) is 0 Å². The van der Waals surface area contributed by atoms with Crippen molar-refractivity contribution in [3.63, 3.8) is 0 Å². The topological polar surface area (TPSA) is 9.86 Å². The Bertz CT molecular complexity index is 3120. The maximum atomic E-state index is 2.47. The highest BCUT2D eigenvalue weighted by atomic mass is 32.1.